The molecule has 0 bridgehead atoms. The van der Waals surface area contributed by atoms with Crippen LogP contribution in [0.2, 0.25) is 0 Å². The molecule has 0 aromatic carbocycles. The summed E-state index contributed by atoms with van der Waals surface area (Å²) in [5.74, 6) is 0.464. The maximum absolute atomic E-state index is 11.3. The summed E-state index contributed by atoms with van der Waals surface area (Å²) in [6.07, 6.45) is 1.01. The van der Waals surface area contributed by atoms with Gasteiger partial charge in [0.2, 0.25) is 11.6 Å². The third-order valence-electron chi connectivity index (χ3n) is 3.34. The number of anilines is 2. The van der Waals surface area contributed by atoms with Crippen molar-refractivity contribution in [2.45, 2.75) is 12.2 Å². The lowest BCUT2D eigenvalue weighted by molar-refractivity contribution is -0.383. The monoisotopic (exact) mass is 283 g/mol. The van der Waals surface area contributed by atoms with Gasteiger partial charge < -0.3 is 19.7 Å². The first-order valence-electron chi connectivity index (χ1n) is 6.10. The number of rotatable bonds is 5. The number of ether oxygens (including phenoxy) is 2. The highest BCUT2D eigenvalue weighted by atomic mass is 16.6. The van der Waals surface area contributed by atoms with Crippen LogP contribution in [0.3, 0.4) is 0 Å². The molecule has 1 aromatic rings. The summed E-state index contributed by atoms with van der Waals surface area (Å²) in [4.78, 5) is 20.5. The van der Waals surface area contributed by atoms with Crippen LogP contribution < -0.4 is 10.2 Å². The molecule has 0 radical (unpaired) electrons. The summed E-state index contributed by atoms with van der Waals surface area (Å²) in [6.45, 7) is 0.964. The van der Waals surface area contributed by atoms with Crippen molar-refractivity contribution >= 4 is 17.3 Å². The molecule has 2 rings (SSSR count). The van der Waals surface area contributed by atoms with Gasteiger partial charge in [-0.1, -0.05) is 0 Å². The first-order valence-corrected chi connectivity index (χ1v) is 6.10. The molecule has 1 aliphatic rings. The van der Waals surface area contributed by atoms with E-state index in [0.717, 1.165) is 0 Å². The van der Waals surface area contributed by atoms with E-state index in [-0.39, 0.29) is 29.5 Å². The van der Waals surface area contributed by atoms with Crippen molar-refractivity contribution in [2.24, 2.45) is 0 Å². The average Bonchev–Trinajstić information content (AvgIpc) is 2.89. The summed E-state index contributed by atoms with van der Waals surface area (Å²) < 4.78 is 10.7. The molecule has 110 valence electrons. The van der Waals surface area contributed by atoms with Crippen molar-refractivity contribution in [1.29, 1.82) is 0 Å². The third kappa shape index (κ3) is 2.49. The van der Waals surface area contributed by atoms with Crippen LogP contribution in [0.15, 0.2) is 6.33 Å². The molecule has 0 aliphatic carbocycles. The van der Waals surface area contributed by atoms with Gasteiger partial charge >= 0.3 is 5.69 Å². The Hall–Kier alpha value is -2.00. The Balaban J connectivity index is 2.36. The van der Waals surface area contributed by atoms with Gasteiger partial charge in [0.1, 0.15) is 18.5 Å². The minimum Gasteiger partial charge on any atom is -0.377 e. The molecular formula is C11H17N5O4. The summed E-state index contributed by atoms with van der Waals surface area (Å²) >= 11 is 0. The van der Waals surface area contributed by atoms with E-state index in [9.17, 15) is 10.1 Å². The Bertz CT molecular complexity index is 486. The van der Waals surface area contributed by atoms with E-state index in [1.165, 1.54) is 6.33 Å². The predicted octanol–water partition coefficient (Wildman–Crippen LogP) is 0.276. The lowest BCUT2D eigenvalue weighted by Gasteiger charge is -2.17. The highest BCUT2D eigenvalue weighted by molar-refractivity contribution is 5.70. The van der Waals surface area contributed by atoms with Gasteiger partial charge in [0, 0.05) is 34.4 Å². The lowest BCUT2D eigenvalue weighted by Crippen LogP contribution is -2.27. The van der Waals surface area contributed by atoms with Crippen LogP contribution in [0.25, 0.3) is 0 Å². The minimum absolute atomic E-state index is 0.137. The van der Waals surface area contributed by atoms with E-state index in [1.54, 1.807) is 26.2 Å². The molecule has 9 heteroatoms. The van der Waals surface area contributed by atoms with Crippen LogP contribution in [0.5, 0.6) is 0 Å². The van der Waals surface area contributed by atoms with E-state index in [1.807, 2.05) is 0 Å². The number of nitro groups is 1. The summed E-state index contributed by atoms with van der Waals surface area (Å²) in [5, 5.41) is 14.0. The third-order valence-corrected chi connectivity index (χ3v) is 3.34. The Morgan fingerprint density at radius 1 is 1.35 bits per heavy atom. The molecule has 1 fully saturated rings. The van der Waals surface area contributed by atoms with E-state index in [2.05, 4.69) is 15.3 Å². The van der Waals surface area contributed by atoms with Crippen LogP contribution in [-0.2, 0) is 9.47 Å². The fourth-order valence-electron chi connectivity index (χ4n) is 2.32. The predicted molar refractivity (Wildman–Crippen MR) is 72.0 cm³/mol. The van der Waals surface area contributed by atoms with Crippen molar-refractivity contribution in [1.82, 2.24) is 9.97 Å². The van der Waals surface area contributed by atoms with Gasteiger partial charge in [0.05, 0.1) is 4.92 Å². The highest BCUT2D eigenvalue weighted by Gasteiger charge is 2.37. The smallest absolute Gasteiger partial charge is 0.353 e. The first-order chi connectivity index (χ1) is 9.62. The van der Waals surface area contributed by atoms with Crippen LogP contribution in [0.1, 0.15) is 0 Å². The second-order valence-corrected chi connectivity index (χ2v) is 4.35. The first kappa shape index (κ1) is 14.4. The summed E-state index contributed by atoms with van der Waals surface area (Å²) in [6, 6.07) is 0. The molecule has 1 saturated heterocycles. The second-order valence-electron chi connectivity index (χ2n) is 4.35. The SMILES string of the molecule is CNc1ncnc(N2CC(OC)C(OC)C2)c1[N+](=O)[O-]. The van der Waals surface area contributed by atoms with Gasteiger partial charge in [-0.15, -0.1) is 0 Å². The Kier molecular flexibility index (Phi) is 4.30. The fraction of sp³-hybridized carbons (Fsp3) is 0.636. The van der Waals surface area contributed by atoms with Gasteiger partial charge in [-0.3, -0.25) is 10.1 Å². The number of hydrogen-bond donors (Lipinski definition) is 1. The number of hydrogen-bond acceptors (Lipinski definition) is 8. The summed E-state index contributed by atoms with van der Waals surface area (Å²) in [5.41, 5.74) is -0.137. The molecule has 0 spiro atoms. The molecule has 2 atom stereocenters. The van der Waals surface area contributed by atoms with E-state index >= 15 is 0 Å². The highest BCUT2D eigenvalue weighted by Crippen LogP contribution is 2.33. The molecule has 0 amide bonds. The van der Waals surface area contributed by atoms with Crippen molar-refractivity contribution < 1.29 is 14.4 Å². The Labute approximate surface area is 116 Å². The molecule has 9 nitrogen and oxygen atoms in total. The molecule has 1 aliphatic heterocycles. The molecule has 1 aromatic heterocycles. The lowest BCUT2D eigenvalue weighted by atomic mass is 10.3. The standard InChI is InChI=1S/C11H17N5O4/c1-12-10-9(16(17)18)11(14-6-13-10)15-4-7(19-2)8(5-15)20-3/h6-8H,4-5H2,1-3H3,(H,12,13,14). The van der Waals surface area contributed by atoms with Crippen LogP contribution in [-0.4, -0.2) is 61.5 Å². The zero-order valence-electron chi connectivity index (χ0n) is 11.6. The van der Waals surface area contributed by atoms with Gasteiger partial charge in [-0.05, 0) is 0 Å². The molecule has 1 N–H and O–H groups in total. The largest absolute Gasteiger partial charge is 0.377 e. The van der Waals surface area contributed by atoms with E-state index in [0.29, 0.717) is 13.1 Å². The van der Waals surface area contributed by atoms with E-state index < -0.39 is 4.92 Å². The van der Waals surface area contributed by atoms with Crippen molar-refractivity contribution in [2.75, 3.05) is 44.6 Å². The van der Waals surface area contributed by atoms with Crippen molar-refractivity contribution in [3.05, 3.63) is 16.4 Å². The zero-order valence-corrected chi connectivity index (χ0v) is 11.6. The Morgan fingerprint density at radius 2 is 1.95 bits per heavy atom. The van der Waals surface area contributed by atoms with Crippen molar-refractivity contribution in [3.63, 3.8) is 0 Å². The number of aromatic nitrogens is 2. The van der Waals surface area contributed by atoms with E-state index in [4.69, 9.17) is 9.47 Å². The fourth-order valence-corrected chi connectivity index (χ4v) is 2.32. The van der Waals surface area contributed by atoms with Crippen molar-refractivity contribution in [3.8, 4) is 0 Å². The Morgan fingerprint density at radius 3 is 2.40 bits per heavy atom. The quantitative estimate of drug-likeness (QED) is 0.607. The van der Waals surface area contributed by atoms with Gasteiger partial charge in [0.15, 0.2) is 0 Å². The molecule has 0 saturated carbocycles. The maximum atomic E-state index is 11.3. The number of nitrogens with one attached hydrogen (secondary N) is 1. The molecular weight excluding hydrogens is 266 g/mol. The zero-order chi connectivity index (χ0) is 14.7. The summed E-state index contributed by atoms with van der Waals surface area (Å²) in [7, 11) is 4.76. The van der Waals surface area contributed by atoms with Crippen LogP contribution >= 0.6 is 0 Å². The molecule has 2 unspecified atom stereocenters. The number of nitrogens with zero attached hydrogens (tertiary/aromatic N) is 4. The van der Waals surface area contributed by atoms with Gasteiger partial charge in [0.25, 0.3) is 0 Å². The van der Waals surface area contributed by atoms with Crippen LogP contribution in [0.4, 0.5) is 17.3 Å². The van der Waals surface area contributed by atoms with Gasteiger partial charge in [-0.2, -0.15) is 0 Å². The average molecular weight is 283 g/mol. The van der Waals surface area contributed by atoms with Crippen LogP contribution in [0, 0.1) is 10.1 Å². The second kappa shape index (κ2) is 5.97. The normalized spacial score (nSPS) is 22.1. The number of methoxy groups -OCH3 is 2. The topological polar surface area (TPSA) is 103 Å². The van der Waals surface area contributed by atoms with Gasteiger partial charge in [-0.25, -0.2) is 9.97 Å². The molecule has 2 heterocycles. The minimum atomic E-state index is -0.483. The maximum Gasteiger partial charge on any atom is 0.353 e. The molecule has 20 heavy (non-hydrogen) atoms.